The van der Waals surface area contributed by atoms with Crippen LogP contribution in [0.2, 0.25) is 5.02 Å². The van der Waals surface area contributed by atoms with Crippen molar-refractivity contribution in [1.29, 1.82) is 5.26 Å². The van der Waals surface area contributed by atoms with Crippen LogP contribution in [0.15, 0.2) is 22.0 Å². The molecule has 1 aromatic heterocycles. The van der Waals surface area contributed by atoms with Crippen molar-refractivity contribution in [2.24, 2.45) is 0 Å². The summed E-state index contributed by atoms with van der Waals surface area (Å²) in [7, 11) is 0. The van der Waals surface area contributed by atoms with Gasteiger partial charge in [-0.15, -0.1) is 11.3 Å². The summed E-state index contributed by atoms with van der Waals surface area (Å²) >= 11 is 10.9. The highest BCUT2D eigenvalue weighted by atomic mass is 79.9. The van der Waals surface area contributed by atoms with E-state index in [0.717, 1.165) is 13.9 Å². The zero-order chi connectivity index (χ0) is 9.42. The Morgan fingerprint density at radius 2 is 2.23 bits per heavy atom. The van der Waals surface area contributed by atoms with Gasteiger partial charge in [-0.1, -0.05) is 17.7 Å². The Morgan fingerprint density at radius 3 is 2.92 bits per heavy atom. The first-order valence-electron chi connectivity index (χ1n) is 3.50. The average Bonchev–Trinajstić information content (AvgIpc) is 2.47. The number of fused-ring (bicyclic) bond motifs is 1. The fraction of sp³-hybridized carbons (Fsp3) is 0. The minimum Gasteiger partial charge on any atom is -0.192 e. The van der Waals surface area contributed by atoms with Crippen LogP contribution in [0.1, 0.15) is 5.56 Å². The van der Waals surface area contributed by atoms with Crippen molar-refractivity contribution in [2.45, 2.75) is 0 Å². The molecule has 0 saturated heterocycles. The monoisotopic (exact) mass is 271 g/mol. The second-order valence-corrected chi connectivity index (χ2v) is 5.32. The van der Waals surface area contributed by atoms with Gasteiger partial charge in [0.25, 0.3) is 0 Å². The summed E-state index contributed by atoms with van der Waals surface area (Å²) in [4.78, 5) is 0. The Labute approximate surface area is 92.7 Å². The van der Waals surface area contributed by atoms with Gasteiger partial charge in [-0.2, -0.15) is 5.26 Å². The SMILES string of the molecule is N#Cc1ccc2cc(Br)sc2c1Cl. The third-order valence-electron chi connectivity index (χ3n) is 1.72. The van der Waals surface area contributed by atoms with Crippen molar-refractivity contribution in [1.82, 2.24) is 0 Å². The molecule has 0 radical (unpaired) electrons. The van der Waals surface area contributed by atoms with Crippen molar-refractivity contribution < 1.29 is 0 Å². The summed E-state index contributed by atoms with van der Waals surface area (Å²) in [6.07, 6.45) is 0. The topological polar surface area (TPSA) is 23.8 Å². The molecule has 0 fully saturated rings. The van der Waals surface area contributed by atoms with Crippen molar-refractivity contribution in [2.75, 3.05) is 0 Å². The van der Waals surface area contributed by atoms with E-state index in [4.69, 9.17) is 16.9 Å². The molecular weight excluding hydrogens is 270 g/mol. The number of nitrogens with zero attached hydrogens (tertiary/aromatic N) is 1. The van der Waals surface area contributed by atoms with Crippen LogP contribution < -0.4 is 0 Å². The average molecular weight is 273 g/mol. The fourth-order valence-corrected chi connectivity index (χ4v) is 3.01. The van der Waals surface area contributed by atoms with Crippen LogP contribution in [0, 0.1) is 11.3 Å². The second-order valence-electron chi connectivity index (χ2n) is 2.51. The van der Waals surface area contributed by atoms with E-state index in [-0.39, 0.29) is 0 Å². The summed E-state index contributed by atoms with van der Waals surface area (Å²) < 4.78 is 1.99. The maximum atomic E-state index is 8.74. The zero-order valence-electron chi connectivity index (χ0n) is 6.34. The molecule has 1 heterocycles. The summed E-state index contributed by atoms with van der Waals surface area (Å²) in [5.74, 6) is 0. The summed E-state index contributed by atoms with van der Waals surface area (Å²) in [6, 6.07) is 7.69. The highest BCUT2D eigenvalue weighted by Gasteiger charge is 2.07. The molecule has 0 aliphatic heterocycles. The highest BCUT2D eigenvalue weighted by Crippen LogP contribution is 2.36. The predicted octanol–water partition coefficient (Wildman–Crippen LogP) is 4.19. The number of hydrogen-bond acceptors (Lipinski definition) is 2. The van der Waals surface area contributed by atoms with E-state index in [1.165, 1.54) is 0 Å². The minimum absolute atomic E-state index is 0.531. The number of benzene rings is 1. The molecule has 1 aromatic carbocycles. The van der Waals surface area contributed by atoms with Crippen LogP contribution in [0.5, 0.6) is 0 Å². The fourth-order valence-electron chi connectivity index (χ4n) is 1.12. The molecule has 0 bridgehead atoms. The summed E-state index contributed by atoms with van der Waals surface area (Å²) in [5, 5.41) is 10.4. The van der Waals surface area contributed by atoms with E-state index in [2.05, 4.69) is 22.0 Å². The molecule has 0 atom stereocenters. The standard InChI is InChI=1S/C9H3BrClNS/c10-7-3-5-1-2-6(4-12)8(11)9(5)13-7/h1-3H. The molecule has 1 nitrogen and oxygen atoms in total. The van der Waals surface area contributed by atoms with Crippen LogP contribution in [-0.4, -0.2) is 0 Å². The Balaban J connectivity index is 2.87. The number of hydrogen-bond donors (Lipinski definition) is 0. The maximum Gasteiger partial charge on any atom is 0.101 e. The molecule has 2 rings (SSSR count). The van der Waals surface area contributed by atoms with Crippen LogP contribution in [0.3, 0.4) is 0 Å². The van der Waals surface area contributed by atoms with E-state index < -0.39 is 0 Å². The first kappa shape index (κ1) is 9.01. The van der Waals surface area contributed by atoms with Gasteiger partial charge in [0.1, 0.15) is 6.07 Å². The summed E-state index contributed by atoms with van der Waals surface area (Å²) in [6.45, 7) is 0. The lowest BCUT2D eigenvalue weighted by Gasteiger charge is -1.94. The van der Waals surface area contributed by atoms with Gasteiger partial charge in [-0.25, -0.2) is 0 Å². The van der Waals surface area contributed by atoms with Gasteiger partial charge < -0.3 is 0 Å². The van der Waals surface area contributed by atoms with Gasteiger partial charge in [0.2, 0.25) is 0 Å². The highest BCUT2D eigenvalue weighted by molar-refractivity contribution is 9.11. The molecule has 4 heteroatoms. The molecule has 0 unspecified atom stereocenters. The van der Waals surface area contributed by atoms with E-state index in [1.54, 1.807) is 17.4 Å². The maximum absolute atomic E-state index is 8.74. The van der Waals surface area contributed by atoms with Gasteiger partial charge in [0.15, 0.2) is 0 Å². The van der Waals surface area contributed by atoms with Crippen LogP contribution in [0.4, 0.5) is 0 Å². The minimum atomic E-state index is 0.531. The molecule has 2 aromatic rings. The third-order valence-corrected chi connectivity index (χ3v) is 3.89. The van der Waals surface area contributed by atoms with E-state index in [9.17, 15) is 0 Å². The third kappa shape index (κ3) is 1.46. The largest absolute Gasteiger partial charge is 0.192 e. The predicted molar refractivity (Wildman–Crippen MR) is 59.3 cm³/mol. The van der Waals surface area contributed by atoms with E-state index in [0.29, 0.717) is 10.6 Å². The van der Waals surface area contributed by atoms with Crippen LogP contribution in [0.25, 0.3) is 10.1 Å². The number of nitriles is 1. The van der Waals surface area contributed by atoms with Gasteiger partial charge in [-0.3, -0.25) is 0 Å². The number of halogens is 2. The van der Waals surface area contributed by atoms with Gasteiger partial charge in [0.05, 0.1) is 19.1 Å². The smallest absolute Gasteiger partial charge is 0.101 e. The van der Waals surface area contributed by atoms with Gasteiger partial charge in [-0.05, 0) is 33.4 Å². The Kier molecular flexibility index (Phi) is 2.29. The zero-order valence-corrected chi connectivity index (χ0v) is 9.50. The van der Waals surface area contributed by atoms with Gasteiger partial charge >= 0.3 is 0 Å². The molecule has 0 aliphatic rings. The van der Waals surface area contributed by atoms with E-state index in [1.807, 2.05) is 12.1 Å². The normalized spacial score (nSPS) is 10.2. The van der Waals surface area contributed by atoms with Crippen molar-refractivity contribution in [3.63, 3.8) is 0 Å². The Hall–Kier alpha value is -0.560. The van der Waals surface area contributed by atoms with Crippen LogP contribution in [-0.2, 0) is 0 Å². The molecule has 64 valence electrons. The quantitative estimate of drug-likeness (QED) is 0.705. The summed E-state index contributed by atoms with van der Waals surface area (Å²) in [5.41, 5.74) is 0.531. The first-order chi connectivity index (χ1) is 6.22. The Bertz CT molecular complexity index is 512. The van der Waals surface area contributed by atoms with Crippen molar-refractivity contribution in [3.05, 3.63) is 32.6 Å². The molecule has 0 amide bonds. The molecule has 13 heavy (non-hydrogen) atoms. The lowest BCUT2D eigenvalue weighted by molar-refractivity contribution is 1.50. The number of thiophene rings is 1. The molecule has 0 N–H and O–H groups in total. The Morgan fingerprint density at radius 1 is 1.46 bits per heavy atom. The first-order valence-corrected chi connectivity index (χ1v) is 5.49. The lowest BCUT2D eigenvalue weighted by Crippen LogP contribution is -1.74. The molecule has 0 saturated carbocycles. The molecule has 0 spiro atoms. The van der Waals surface area contributed by atoms with Crippen molar-refractivity contribution >= 4 is 49.0 Å². The lowest BCUT2D eigenvalue weighted by atomic mass is 10.2. The molecular formula is C9H3BrClNS. The van der Waals surface area contributed by atoms with E-state index >= 15 is 0 Å². The van der Waals surface area contributed by atoms with Crippen LogP contribution >= 0.6 is 38.9 Å². The number of rotatable bonds is 0. The molecule has 0 aliphatic carbocycles. The van der Waals surface area contributed by atoms with Gasteiger partial charge in [0, 0.05) is 0 Å². The second kappa shape index (κ2) is 3.30. The van der Waals surface area contributed by atoms with Crippen molar-refractivity contribution in [3.8, 4) is 6.07 Å².